The van der Waals surface area contributed by atoms with Gasteiger partial charge in [-0.05, 0) is 65.8 Å². The summed E-state index contributed by atoms with van der Waals surface area (Å²) in [5.74, 6) is -1.10. The molecule has 1 saturated heterocycles. The van der Waals surface area contributed by atoms with Gasteiger partial charge in [-0.1, -0.05) is 84.9 Å². The summed E-state index contributed by atoms with van der Waals surface area (Å²) in [5, 5.41) is 12.1. The fraction of sp³-hybridized carbons (Fsp3) is 0.229. The zero-order valence-electron chi connectivity index (χ0n) is 23.9. The highest BCUT2D eigenvalue weighted by molar-refractivity contribution is 5.93. The van der Waals surface area contributed by atoms with Gasteiger partial charge in [-0.15, -0.1) is 0 Å². The number of carbonyl (C=O) groups is 3. The number of benzene rings is 4. The Bertz CT molecular complexity index is 1580. The lowest BCUT2D eigenvalue weighted by Gasteiger charge is -2.49. The van der Waals surface area contributed by atoms with Crippen molar-refractivity contribution < 1.29 is 19.5 Å². The summed E-state index contributed by atoms with van der Waals surface area (Å²) in [6.07, 6.45) is 0.783. The Morgan fingerprint density at radius 2 is 1.09 bits per heavy atom. The van der Waals surface area contributed by atoms with Gasteiger partial charge < -0.3 is 26.4 Å². The quantitative estimate of drug-likeness (QED) is 0.246. The van der Waals surface area contributed by atoms with Crippen LogP contribution >= 0.6 is 0 Å². The van der Waals surface area contributed by atoms with Crippen LogP contribution in [0.3, 0.4) is 0 Å². The maximum Gasteiger partial charge on any atom is 0.321 e. The molecule has 0 aliphatic carbocycles. The van der Waals surface area contributed by atoms with Gasteiger partial charge in [-0.3, -0.25) is 9.59 Å². The fourth-order valence-electron chi connectivity index (χ4n) is 5.86. The summed E-state index contributed by atoms with van der Waals surface area (Å²) < 4.78 is 0. The number of aryl methyl sites for hydroxylation is 1. The van der Waals surface area contributed by atoms with Gasteiger partial charge in [0.25, 0.3) is 0 Å². The van der Waals surface area contributed by atoms with Crippen LogP contribution in [0.5, 0.6) is 0 Å². The topological polar surface area (TPSA) is 130 Å². The van der Waals surface area contributed by atoms with Crippen LogP contribution in [0.15, 0.2) is 109 Å². The first-order chi connectivity index (χ1) is 20.8. The summed E-state index contributed by atoms with van der Waals surface area (Å²) in [4.78, 5) is 41.7. The van der Waals surface area contributed by atoms with E-state index in [-0.39, 0.29) is 19.1 Å². The van der Waals surface area contributed by atoms with E-state index in [0.717, 1.165) is 22.3 Å². The molecule has 3 atom stereocenters. The van der Waals surface area contributed by atoms with Crippen molar-refractivity contribution in [1.82, 2.24) is 9.80 Å². The van der Waals surface area contributed by atoms with E-state index in [1.54, 1.807) is 46.2 Å². The number of aliphatic hydroxyl groups excluding tert-OH is 1. The molecule has 0 aromatic heterocycles. The monoisotopic (exact) mass is 576 g/mol. The molecule has 1 fully saturated rings. The van der Waals surface area contributed by atoms with Crippen molar-refractivity contribution in [3.05, 3.63) is 143 Å². The SMILES string of the molecule is NC(=O)c1cccc(CN2C(=O)N(Cc3cccc(C(N)=O)c3)[C@H](Cc3ccccc3)[C@H](O)[C@H]2CCc2ccccc2)c1. The molecular formula is C35H36N4O4. The zero-order valence-corrected chi connectivity index (χ0v) is 23.9. The number of hydrogen-bond acceptors (Lipinski definition) is 4. The maximum absolute atomic E-state index is 14.5. The summed E-state index contributed by atoms with van der Waals surface area (Å²) in [7, 11) is 0. The van der Waals surface area contributed by atoms with Gasteiger partial charge in [0.15, 0.2) is 0 Å². The number of nitrogens with two attached hydrogens (primary N) is 2. The van der Waals surface area contributed by atoms with E-state index in [0.29, 0.717) is 30.4 Å². The van der Waals surface area contributed by atoms with Crippen molar-refractivity contribution in [2.45, 2.75) is 50.5 Å². The highest BCUT2D eigenvalue weighted by Crippen LogP contribution is 2.31. The molecule has 8 heteroatoms. The molecule has 220 valence electrons. The number of urea groups is 1. The molecule has 1 heterocycles. The van der Waals surface area contributed by atoms with Crippen molar-refractivity contribution in [2.75, 3.05) is 0 Å². The summed E-state index contributed by atoms with van der Waals surface area (Å²) in [6.45, 7) is 0.365. The van der Waals surface area contributed by atoms with E-state index in [1.807, 2.05) is 72.8 Å². The second kappa shape index (κ2) is 13.4. The second-order valence-corrected chi connectivity index (χ2v) is 11.0. The lowest BCUT2D eigenvalue weighted by Crippen LogP contribution is -2.66. The van der Waals surface area contributed by atoms with Gasteiger partial charge in [-0.25, -0.2) is 4.79 Å². The molecular weight excluding hydrogens is 540 g/mol. The third-order valence-corrected chi connectivity index (χ3v) is 8.07. The predicted molar refractivity (Wildman–Crippen MR) is 165 cm³/mol. The minimum Gasteiger partial charge on any atom is -0.389 e. The molecule has 0 unspecified atom stereocenters. The Balaban J connectivity index is 1.53. The molecule has 43 heavy (non-hydrogen) atoms. The van der Waals surface area contributed by atoms with E-state index in [2.05, 4.69) is 0 Å². The molecule has 8 nitrogen and oxygen atoms in total. The molecule has 4 aromatic carbocycles. The average molecular weight is 577 g/mol. The molecule has 0 bridgehead atoms. The minimum atomic E-state index is -0.889. The number of amides is 4. The van der Waals surface area contributed by atoms with Gasteiger partial charge in [0.1, 0.15) is 0 Å². The Kier molecular flexibility index (Phi) is 9.17. The number of primary amides is 2. The van der Waals surface area contributed by atoms with Gasteiger partial charge in [0, 0.05) is 24.2 Å². The first-order valence-corrected chi connectivity index (χ1v) is 14.4. The van der Waals surface area contributed by atoms with Crippen LogP contribution in [-0.4, -0.2) is 50.9 Å². The highest BCUT2D eigenvalue weighted by atomic mass is 16.3. The predicted octanol–water partition coefficient (Wildman–Crippen LogP) is 4.30. The van der Waals surface area contributed by atoms with Crippen LogP contribution in [0.4, 0.5) is 4.79 Å². The summed E-state index contributed by atoms with van der Waals surface area (Å²) in [5.41, 5.74) is 15.4. The molecule has 5 rings (SSSR count). The van der Waals surface area contributed by atoms with Gasteiger partial charge in [-0.2, -0.15) is 0 Å². The van der Waals surface area contributed by atoms with Crippen molar-refractivity contribution in [3.63, 3.8) is 0 Å². The Morgan fingerprint density at radius 1 is 0.628 bits per heavy atom. The Labute approximate surface area is 251 Å². The minimum absolute atomic E-state index is 0.178. The number of carbonyl (C=O) groups excluding carboxylic acids is 3. The third kappa shape index (κ3) is 7.10. The van der Waals surface area contributed by atoms with E-state index < -0.39 is 30.0 Å². The van der Waals surface area contributed by atoms with Crippen LogP contribution in [-0.2, 0) is 25.9 Å². The molecule has 5 N–H and O–H groups in total. The van der Waals surface area contributed by atoms with Gasteiger partial charge in [0.05, 0.1) is 18.2 Å². The number of aliphatic hydroxyl groups is 1. The molecule has 4 aromatic rings. The van der Waals surface area contributed by atoms with Crippen molar-refractivity contribution in [3.8, 4) is 0 Å². The summed E-state index contributed by atoms with van der Waals surface area (Å²) in [6, 6.07) is 32.3. The van der Waals surface area contributed by atoms with E-state index in [1.165, 1.54) is 0 Å². The number of rotatable bonds is 11. The Morgan fingerprint density at radius 3 is 1.60 bits per heavy atom. The van der Waals surface area contributed by atoms with Crippen molar-refractivity contribution >= 4 is 17.8 Å². The third-order valence-electron chi connectivity index (χ3n) is 8.07. The average Bonchev–Trinajstić information content (AvgIpc) is 3.02. The zero-order chi connectivity index (χ0) is 30.3. The van der Waals surface area contributed by atoms with E-state index >= 15 is 0 Å². The molecule has 0 spiro atoms. The number of nitrogens with zero attached hydrogens (tertiary/aromatic N) is 2. The van der Waals surface area contributed by atoms with Crippen LogP contribution in [0.2, 0.25) is 0 Å². The lowest BCUT2D eigenvalue weighted by atomic mass is 9.88. The molecule has 1 aliphatic rings. The van der Waals surface area contributed by atoms with Crippen molar-refractivity contribution in [1.29, 1.82) is 0 Å². The largest absolute Gasteiger partial charge is 0.389 e. The van der Waals surface area contributed by atoms with Gasteiger partial charge in [0.2, 0.25) is 11.8 Å². The maximum atomic E-state index is 14.5. The van der Waals surface area contributed by atoms with Crippen LogP contribution in [0, 0.1) is 0 Å². The van der Waals surface area contributed by atoms with E-state index in [9.17, 15) is 19.5 Å². The lowest BCUT2D eigenvalue weighted by molar-refractivity contribution is -0.0453. The fourth-order valence-corrected chi connectivity index (χ4v) is 5.86. The first kappa shape index (κ1) is 29.5. The summed E-state index contributed by atoms with van der Waals surface area (Å²) >= 11 is 0. The van der Waals surface area contributed by atoms with Crippen LogP contribution in [0.1, 0.15) is 49.4 Å². The van der Waals surface area contributed by atoms with Crippen LogP contribution in [0.25, 0.3) is 0 Å². The second-order valence-electron chi connectivity index (χ2n) is 11.0. The van der Waals surface area contributed by atoms with Gasteiger partial charge >= 0.3 is 6.03 Å². The standard InChI is InChI=1S/C35H36N4O4/c36-33(41)28-15-7-13-26(19-28)22-38-30(18-17-24-9-3-1-4-10-24)32(40)31(21-25-11-5-2-6-12-25)39(35(38)43)23-27-14-8-16-29(20-27)34(37)42/h1-16,19-20,30-32,40H,17-18,21-23H2,(H2,36,41)(H2,37,42)/t30-,31-,32-/m1/s1. The van der Waals surface area contributed by atoms with Crippen molar-refractivity contribution in [2.24, 2.45) is 11.5 Å². The molecule has 0 saturated carbocycles. The molecule has 0 radical (unpaired) electrons. The Hall–Kier alpha value is -4.95. The normalized spacial score (nSPS) is 18.4. The smallest absolute Gasteiger partial charge is 0.321 e. The molecule has 1 aliphatic heterocycles. The first-order valence-electron chi connectivity index (χ1n) is 14.4. The van der Waals surface area contributed by atoms with Crippen LogP contribution < -0.4 is 11.5 Å². The molecule has 4 amide bonds. The highest BCUT2D eigenvalue weighted by Gasteiger charge is 2.45. The van der Waals surface area contributed by atoms with E-state index in [4.69, 9.17) is 11.5 Å². The number of hydrogen-bond donors (Lipinski definition) is 3.